The Morgan fingerprint density at radius 1 is 1.14 bits per heavy atom. The number of amides is 1. The average Bonchev–Trinajstić information content (AvgIpc) is 2.98. The molecule has 1 amide bonds. The molecule has 0 N–H and O–H groups in total. The van der Waals surface area contributed by atoms with Gasteiger partial charge in [0.05, 0.1) is 10.6 Å². The molecule has 1 aromatic heterocycles. The van der Waals surface area contributed by atoms with Crippen molar-refractivity contribution in [2.75, 3.05) is 4.90 Å². The Morgan fingerprint density at radius 3 is 2.55 bits per heavy atom. The van der Waals surface area contributed by atoms with Gasteiger partial charge in [-0.3, -0.25) is 9.69 Å². The Balaban J connectivity index is 1.94. The molecule has 3 rings (SSSR count). The SMILES string of the molecule is Cc1ccc(/C=C2\SC(=S)N(c3ccc(C)c(C)c3)C2=O)o1. The molecule has 1 fully saturated rings. The lowest BCUT2D eigenvalue weighted by Gasteiger charge is -2.15. The van der Waals surface area contributed by atoms with Crippen LogP contribution in [-0.4, -0.2) is 10.2 Å². The van der Waals surface area contributed by atoms with E-state index < -0.39 is 0 Å². The van der Waals surface area contributed by atoms with Gasteiger partial charge < -0.3 is 4.42 Å². The van der Waals surface area contributed by atoms with Crippen LogP contribution >= 0.6 is 24.0 Å². The summed E-state index contributed by atoms with van der Waals surface area (Å²) >= 11 is 6.67. The monoisotopic (exact) mass is 329 g/mol. The van der Waals surface area contributed by atoms with E-state index in [1.54, 1.807) is 11.0 Å². The lowest BCUT2D eigenvalue weighted by atomic mass is 10.1. The molecule has 112 valence electrons. The van der Waals surface area contributed by atoms with Crippen molar-refractivity contribution in [1.82, 2.24) is 0 Å². The molecule has 0 saturated carbocycles. The number of thioether (sulfide) groups is 1. The van der Waals surface area contributed by atoms with Crippen molar-refractivity contribution in [2.24, 2.45) is 0 Å². The second-order valence-electron chi connectivity index (χ2n) is 5.23. The van der Waals surface area contributed by atoms with Gasteiger partial charge in [-0.15, -0.1) is 0 Å². The topological polar surface area (TPSA) is 33.5 Å². The predicted octanol–water partition coefficient (Wildman–Crippen LogP) is 4.61. The molecule has 1 aromatic carbocycles. The molecule has 0 radical (unpaired) electrons. The zero-order valence-corrected chi connectivity index (χ0v) is 14.2. The molecule has 0 aliphatic carbocycles. The average molecular weight is 329 g/mol. The number of nitrogens with zero attached hydrogens (tertiary/aromatic N) is 1. The molecule has 5 heteroatoms. The van der Waals surface area contributed by atoms with Crippen molar-refractivity contribution < 1.29 is 9.21 Å². The first-order valence-electron chi connectivity index (χ1n) is 6.87. The number of carbonyl (C=O) groups excluding carboxylic acids is 1. The summed E-state index contributed by atoms with van der Waals surface area (Å²) in [5, 5.41) is 0. The summed E-state index contributed by atoms with van der Waals surface area (Å²) in [6, 6.07) is 9.63. The first kappa shape index (κ1) is 15.1. The van der Waals surface area contributed by atoms with Crippen LogP contribution in [0.5, 0.6) is 0 Å². The lowest BCUT2D eigenvalue weighted by Crippen LogP contribution is -2.27. The van der Waals surface area contributed by atoms with E-state index in [2.05, 4.69) is 0 Å². The Morgan fingerprint density at radius 2 is 1.91 bits per heavy atom. The zero-order valence-electron chi connectivity index (χ0n) is 12.5. The number of anilines is 1. The minimum absolute atomic E-state index is 0.104. The van der Waals surface area contributed by atoms with Crippen LogP contribution in [0.15, 0.2) is 39.7 Å². The van der Waals surface area contributed by atoms with Gasteiger partial charge >= 0.3 is 0 Å². The summed E-state index contributed by atoms with van der Waals surface area (Å²) in [4.78, 5) is 14.8. The van der Waals surface area contributed by atoms with Crippen LogP contribution < -0.4 is 4.90 Å². The molecular formula is C17H15NO2S2. The number of aryl methyl sites for hydroxylation is 3. The van der Waals surface area contributed by atoms with Crippen LogP contribution in [0.3, 0.4) is 0 Å². The number of carbonyl (C=O) groups is 1. The van der Waals surface area contributed by atoms with Crippen molar-refractivity contribution in [3.8, 4) is 0 Å². The van der Waals surface area contributed by atoms with Crippen molar-refractivity contribution in [1.29, 1.82) is 0 Å². The third kappa shape index (κ3) is 2.74. The second kappa shape index (κ2) is 5.74. The van der Waals surface area contributed by atoms with Crippen molar-refractivity contribution in [3.63, 3.8) is 0 Å². The second-order valence-corrected chi connectivity index (χ2v) is 6.91. The third-order valence-corrected chi connectivity index (χ3v) is 4.88. The molecular weight excluding hydrogens is 314 g/mol. The molecule has 0 atom stereocenters. The summed E-state index contributed by atoms with van der Waals surface area (Å²) in [5.41, 5.74) is 3.14. The summed E-state index contributed by atoms with van der Waals surface area (Å²) < 4.78 is 6.05. The third-order valence-electron chi connectivity index (χ3n) is 3.58. The zero-order chi connectivity index (χ0) is 15.9. The maximum atomic E-state index is 12.6. The van der Waals surface area contributed by atoms with E-state index >= 15 is 0 Å². The molecule has 2 heterocycles. The largest absolute Gasteiger partial charge is 0.462 e. The van der Waals surface area contributed by atoms with E-state index in [-0.39, 0.29) is 5.91 Å². The van der Waals surface area contributed by atoms with Crippen molar-refractivity contribution >= 4 is 46.0 Å². The fraction of sp³-hybridized carbons (Fsp3) is 0.176. The van der Waals surface area contributed by atoms with Gasteiger partial charge in [0, 0.05) is 6.08 Å². The molecule has 1 aliphatic rings. The normalized spacial score (nSPS) is 16.9. The van der Waals surface area contributed by atoms with E-state index in [9.17, 15) is 4.79 Å². The first-order valence-corrected chi connectivity index (χ1v) is 8.10. The Kier molecular flexibility index (Phi) is 3.93. The number of furan rings is 1. The number of hydrogen-bond acceptors (Lipinski definition) is 4. The molecule has 1 aliphatic heterocycles. The van der Waals surface area contributed by atoms with E-state index in [0.29, 0.717) is 15.0 Å². The quantitative estimate of drug-likeness (QED) is 0.595. The number of hydrogen-bond donors (Lipinski definition) is 0. The van der Waals surface area contributed by atoms with E-state index in [1.165, 1.54) is 17.3 Å². The highest BCUT2D eigenvalue weighted by Crippen LogP contribution is 2.36. The highest BCUT2D eigenvalue weighted by Gasteiger charge is 2.33. The van der Waals surface area contributed by atoms with Gasteiger partial charge in [0.1, 0.15) is 11.5 Å². The maximum Gasteiger partial charge on any atom is 0.270 e. The molecule has 22 heavy (non-hydrogen) atoms. The summed E-state index contributed by atoms with van der Waals surface area (Å²) in [5.74, 6) is 1.38. The number of benzene rings is 1. The maximum absolute atomic E-state index is 12.6. The van der Waals surface area contributed by atoms with Crippen molar-refractivity contribution in [2.45, 2.75) is 20.8 Å². The van der Waals surface area contributed by atoms with Gasteiger partial charge in [-0.2, -0.15) is 0 Å². The van der Waals surface area contributed by atoms with Crippen LogP contribution in [0.2, 0.25) is 0 Å². The summed E-state index contributed by atoms with van der Waals surface area (Å²) in [6.45, 7) is 5.94. The minimum atomic E-state index is -0.104. The summed E-state index contributed by atoms with van der Waals surface area (Å²) in [6.07, 6.45) is 1.74. The highest BCUT2D eigenvalue weighted by molar-refractivity contribution is 8.27. The molecule has 0 bridgehead atoms. The predicted molar refractivity (Wildman–Crippen MR) is 95.0 cm³/mol. The van der Waals surface area contributed by atoms with Gasteiger partial charge in [-0.05, 0) is 56.2 Å². The highest BCUT2D eigenvalue weighted by atomic mass is 32.2. The molecule has 2 aromatic rings. The van der Waals surface area contributed by atoms with Gasteiger partial charge in [-0.1, -0.05) is 30.0 Å². The molecule has 3 nitrogen and oxygen atoms in total. The van der Waals surface area contributed by atoms with E-state index in [0.717, 1.165) is 17.0 Å². The van der Waals surface area contributed by atoms with Gasteiger partial charge in [0.15, 0.2) is 4.32 Å². The first-order chi connectivity index (χ1) is 10.5. The number of thiocarbonyl (C=S) groups is 1. The fourth-order valence-electron chi connectivity index (χ4n) is 2.22. The molecule has 0 unspecified atom stereocenters. The molecule has 1 saturated heterocycles. The Bertz CT molecular complexity index is 805. The minimum Gasteiger partial charge on any atom is -0.462 e. The van der Waals surface area contributed by atoms with Crippen LogP contribution in [0.1, 0.15) is 22.6 Å². The summed E-state index contributed by atoms with van der Waals surface area (Å²) in [7, 11) is 0. The Hall–Kier alpha value is -1.85. The van der Waals surface area contributed by atoms with Gasteiger partial charge in [0.25, 0.3) is 5.91 Å². The smallest absolute Gasteiger partial charge is 0.270 e. The molecule has 0 spiro atoms. The van der Waals surface area contributed by atoms with Crippen LogP contribution in [-0.2, 0) is 4.79 Å². The fourth-order valence-corrected chi connectivity index (χ4v) is 3.49. The van der Waals surface area contributed by atoms with Crippen LogP contribution in [0.4, 0.5) is 5.69 Å². The van der Waals surface area contributed by atoms with Crippen molar-refractivity contribution in [3.05, 3.63) is 57.9 Å². The number of rotatable bonds is 2. The lowest BCUT2D eigenvalue weighted by molar-refractivity contribution is -0.113. The Labute approximate surface area is 139 Å². The van der Waals surface area contributed by atoms with Gasteiger partial charge in [-0.25, -0.2) is 0 Å². The van der Waals surface area contributed by atoms with Gasteiger partial charge in [0.2, 0.25) is 0 Å². The van der Waals surface area contributed by atoms with Crippen LogP contribution in [0.25, 0.3) is 6.08 Å². The van der Waals surface area contributed by atoms with Crippen LogP contribution in [0, 0.1) is 20.8 Å². The standard InChI is InChI=1S/C17H15NO2S2/c1-10-4-6-13(8-11(10)2)18-16(19)15(22-17(18)21)9-14-7-5-12(3)20-14/h4-9H,1-3H3/b15-9-. The van der Waals surface area contributed by atoms with E-state index in [1.807, 2.05) is 51.1 Å². The van der Waals surface area contributed by atoms with E-state index in [4.69, 9.17) is 16.6 Å².